The summed E-state index contributed by atoms with van der Waals surface area (Å²) in [5, 5.41) is 15.6. The SMILES string of the molecule is N#CC(=C1CCN(C(=O)C(=O)c2c[nH]c3c(NC(=O)NCCCC(=O)OCI)cccc23)CC1)c1ccccc1. The number of rotatable bonds is 9. The second kappa shape index (κ2) is 13.7. The van der Waals surface area contributed by atoms with E-state index in [2.05, 4.69) is 21.7 Å². The molecule has 0 unspecified atom stereocenters. The van der Waals surface area contributed by atoms with Crippen molar-refractivity contribution >= 4 is 68.4 Å². The molecular formula is C29H28IN5O5. The lowest BCUT2D eigenvalue weighted by atomic mass is 9.93. The number of H-pyrrole nitrogens is 1. The quantitative estimate of drug-likeness (QED) is 0.0577. The molecular weight excluding hydrogens is 625 g/mol. The number of likely N-dealkylation sites (tertiary alicyclic amines) is 1. The first-order chi connectivity index (χ1) is 19.4. The third kappa shape index (κ3) is 6.87. The first-order valence-corrected chi connectivity index (χ1v) is 14.3. The van der Waals surface area contributed by atoms with Gasteiger partial charge in [0.1, 0.15) is 4.61 Å². The smallest absolute Gasteiger partial charge is 0.319 e. The molecule has 0 bridgehead atoms. The zero-order valence-corrected chi connectivity index (χ0v) is 23.8. The average molecular weight is 653 g/mol. The maximum Gasteiger partial charge on any atom is 0.319 e. The summed E-state index contributed by atoms with van der Waals surface area (Å²) in [6.07, 6.45) is 3.16. The van der Waals surface area contributed by atoms with Gasteiger partial charge in [-0.2, -0.15) is 5.26 Å². The summed E-state index contributed by atoms with van der Waals surface area (Å²) in [4.78, 5) is 54.6. The number of carbonyl (C=O) groups excluding carboxylic acids is 4. The molecule has 0 atom stereocenters. The molecule has 0 aliphatic carbocycles. The van der Waals surface area contributed by atoms with Gasteiger partial charge in [0.2, 0.25) is 0 Å². The fraction of sp³-hybridized carbons (Fsp3) is 0.276. The average Bonchev–Trinajstić information content (AvgIpc) is 3.41. The molecule has 0 saturated carbocycles. The lowest BCUT2D eigenvalue weighted by Crippen LogP contribution is -2.40. The molecule has 2 heterocycles. The van der Waals surface area contributed by atoms with Gasteiger partial charge in [0, 0.05) is 37.6 Å². The molecule has 3 amide bonds. The fourth-order valence-electron chi connectivity index (χ4n) is 4.62. The highest BCUT2D eigenvalue weighted by Gasteiger charge is 2.29. The van der Waals surface area contributed by atoms with E-state index in [1.807, 2.05) is 52.9 Å². The van der Waals surface area contributed by atoms with Crippen LogP contribution in [0.3, 0.4) is 0 Å². The zero-order chi connectivity index (χ0) is 28.5. The largest absolute Gasteiger partial charge is 0.455 e. The highest BCUT2D eigenvalue weighted by atomic mass is 127. The van der Waals surface area contributed by atoms with Crippen LogP contribution in [0.4, 0.5) is 10.5 Å². The molecule has 1 aromatic heterocycles. The summed E-state index contributed by atoms with van der Waals surface area (Å²) in [5.74, 6) is -1.56. The Bertz CT molecular complexity index is 1480. The van der Waals surface area contributed by atoms with Gasteiger partial charge in [0.15, 0.2) is 0 Å². The van der Waals surface area contributed by atoms with Gasteiger partial charge in [-0.05, 0) is 59.1 Å². The number of nitrogens with one attached hydrogen (secondary N) is 3. The van der Waals surface area contributed by atoms with Crippen LogP contribution in [-0.2, 0) is 14.3 Å². The lowest BCUT2D eigenvalue weighted by Gasteiger charge is -2.28. The minimum atomic E-state index is -0.637. The normalized spacial score (nSPS) is 12.9. The van der Waals surface area contributed by atoms with E-state index in [4.69, 9.17) is 4.74 Å². The van der Waals surface area contributed by atoms with Crippen molar-refractivity contribution in [3.05, 3.63) is 71.4 Å². The molecule has 10 nitrogen and oxygen atoms in total. The van der Waals surface area contributed by atoms with Crippen LogP contribution in [-0.4, -0.2) is 57.8 Å². The van der Waals surface area contributed by atoms with Crippen molar-refractivity contribution in [2.75, 3.05) is 29.6 Å². The van der Waals surface area contributed by atoms with E-state index in [1.54, 1.807) is 18.2 Å². The summed E-state index contributed by atoms with van der Waals surface area (Å²) >= 11 is 1.94. The molecule has 1 saturated heterocycles. The predicted molar refractivity (Wildman–Crippen MR) is 159 cm³/mol. The fourth-order valence-corrected chi connectivity index (χ4v) is 4.97. The Hall–Kier alpha value is -4.18. The molecule has 0 spiro atoms. The molecule has 3 aromatic rings. The Balaban J connectivity index is 1.38. The predicted octanol–water partition coefficient (Wildman–Crippen LogP) is 4.79. The van der Waals surface area contributed by atoms with Gasteiger partial charge in [-0.15, -0.1) is 0 Å². The minimum Gasteiger partial charge on any atom is -0.455 e. The third-order valence-corrected chi connectivity index (χ3v) is 6.95. The van der Waals surface area contributed by atoms with Crippen LogP contribution in [0.15, 0.2) is 60.3 Å². The number of ketones is 1. The van der Waals surface area contributed by atoms with Crippen molar-refractivity contribution < 1.29 is 23.9 Å². The number of anilines is 1. The number of esters is 1. The van der Waals surface area contributed by atoms with Crippen LogP contribution in [0.25, 0.3) is 16.5 Å². The van der Waals surface area contributed by atoms with Gasteiger partial charge in [0.05, 0.1) is 28.4 Å². The lowest BCUT2D eigenvalue weighted by molar-refractivity contribution is -0.141. The molecule has 0 radical (unpaired) electrons. The van der Waals surface area contributed by atoms with E-state index in [-0.39, 0.29) is 29.1 Å². The maximum absolute atomic E-state index is 13.2. The molecule has 40 heavy (non-hydrogen) atoms. The number of allylic oxidation sites excluding steroid dienone is 1. The van der Waals surface area contributed by atoms with Crippen LogP contribution in [0, 0.1) is 11.3 Å². The van der Waals surface area contributed by atoms with E-state index in [0.717, 1.165) is 11.1 Å². The van der Waals surface area contributed by atoms with E-state index in [0.29, 0.717) is 54.5 Å². The van der Waals surface area contributed by atoms with E-state index < -0.39 is 17.7 Å². The number of nitriles is 1. The van der Waals surface area contributed by atoms with Gasteiger partial charge >= 0.3 is 12.0 Å². The number of ether oxygens (including phenoxy) is 1. The van der Waals surface area contributed by atoms with E-state index in [1.165, 1.54) is 11.1 Å². The van der Waals surface area contributed by atoms with Gasteiger partial charge in [-0.3, -0.25) is 14.4 Å². The van der Waals surface area contributed by atoms with Gasteiger partial charge < -0.3 is 25.3 Å². The summed E-state index contributed by atoms with van der Waals surface area (Å²) in [6, 6.07) is 16.4. The molecule has 206 valence electrons. The number of piperidine rings is 1. The number of aromatic nitrogens is 1. The Morgan fingerprint density at radius 2 is 1.80 bits per heavy atom. The number of Topliss-reactive ketones (excluding diaryl/α,β-unsaturated/α-hetero) is 1. The highest BCUT2D eigenvalue weighted by molar-refractivity contribution is 14.1. The number of benzene rings is 2. The molecule has 1 aliphatic rings. The Morgan fingerprint density at radius 3 is 2.50 bits per heavy atom. The number of fused-ring (bicyclic) bond motifs is 1. The van der Waals surface area contributed by atoms with Crippen LogP contribution in [0.2, 0.25) is 0 Å². The summed E-state index contributed by atoms with van der Waals surface area (Å²) < 4.78 is 5.14. The number of alkyl halides is 1. The topological polar surface area (TPSA) is 144 Å². The second-order valence-electron chi connectivity index (χ2n) is 9.12. The first kappa shape index (κ1) is 28.8. The number of hydrogen-bond donors (Lipinski definition) is 3. The van der Waals surface area contributed by atoms with Crippen molar-refractivity contribution in [3.8, 4) is 6.07 Å². The van der Waals surface area contributed by atoms with Crippen LogP contribution < -0.4 is 10.6 Å². The Kier molecular flexibility index (Phi) is 9.91. The van der Waals surface area contributed by atoms with E-state index in [9.17, 15) is 24.4 Å². The number of hydrogen-bond acceptors (Lipinski definition) is 6. The van der Waals surface area contributed by atoms with Crippen molar-refractivity contribution in [2.45, 2.75) is 25.7 Å². The third-order valence-electron chi connectivity index (χ3n) is 6.64. The van der Waals surface area contributed by atoms with Crippen molar-refractivity contribution in [1.82, 2.24) is 15.2 Å². The standard InChI is InChI=1S/C29H28IN5O5/c30-18-40-25(36)10-5-13-32-29(39)34-24-9-4-8-21-23(17-33-26(21)24)27(37)28(38)35-14-11-20(12-15-35)22(16-31)19-6-2-1-3-7-19/h1-4,6-9,17,33H,5,10-15,18H2,(H2,32,34,39). The number of urea groups is 1. The highest BCUT2D eigenvalue weighted by Crippen LogP contribution is 2.29. The summed E-state index contributed by atoms with van der Waals surface area (Å²) in [6.45, 7) is 0.987. The van der Waals surface area contributed by atoms with Gasteiger partial charge in [-0.1, -0.05) is 42.5 Å². The molecule has 1 fully saturated rings. The van der Waals surface area contributed by atoms with Crippen LogP contribution >= 0.6 is 22.6 Å². The zero-order valence-electron chi connectivity index (χ0n) is 21.7. The van der Waals surface area contributed by atoms with Crippen LogP contribution in [0.5, 0.6) is 0 Å². The Morgan fingerprint density at radius 1 is 1.05 bits per heavy atom. The number of amides is 3. The molecule has 4 rings (SSSR count). The van der Waals surface area contributed by atoms with Gasteiger partial charge in [0.25, 0.3) is 11.7 Å². The Labute approximate surface area is 244 Å². The number of nitrogens with zero attached hydrogens (tertiary/aromatic N) is 2. The number of para-hydroxylation sites is 1. The number of carbonyl (C=O) groups is 4. The molecule has 11 heteroatoms. The maximum atomic E-state index is 13.2. The van der Waals surface area contributed by atoms with Gasteiger partial charge in [-0.25, -0.2) is 4.79 Å². The first-order valence-electron chi connectivity index (χ1n) is 12.8. The number of aromatic amines is 1. The minimum absolute atomic E-state index is 0.204. The van der Waals surface area contributed by atoms with Crippen molar-refractivity contribution in [1.29, 1.82) is 5.26 Å². The molecule has 2 aromatic carbocycles. The molecule has 3 N–H and O–H groups in total. The number of halogens is 1. The monoisotopic (exact) mass is 653 g/mol. The van der Waals surface area contributed by atoms with Crippen molar-refractivity contribution in [2.24, 2.45) is 0 Å². The van der Waals surface area contributed by atoms with Crippen molar-refractivity contribution in [3.63, 3.8) is 0 Å². The van der Waals surface area contributed by atoms with E-state index >= 15 is 0 Å². The second-order valence-corrected chi connectivity index (χ2v) is 9.74. The summed E-state index contributed by atoms with van der Waals surface area (Å²) in [5.41, 5.74) is 3.64. The summed E-state index contributed by atoms with van der Waals surface area (Å²) in [7, 11) is 0. The van der Waals surface area contributed by atoms with Crippen LogP contribution in [0.1, 0.15) is 41.6 Å². The molecule has 1 aliphatic heterocycles.